The van der Waals surface area contributed by atoms with Crippen LogP contribution in [0.4, 0.5) is 4.39 Å². The lowest BCUT2D eigenvalue weighted by Gasteiger charge is -2.24. The molecular weight excluding hydrogens is 419 g/mol. The first-order valence-corrected chi connectivity index (χ1v) is 8.49. The molecule has 2 aromatic rings. The van der Waals surface area contributed by atoms with E-state index in [1.54, 1.807) is 42.3 Å². The van der Waals surface area contributed by atoms with Crippen LogP contribution in [-0.2, 0) is 4.79 Å². The molecule has 1 atom stereocenters. The lowest BCUT2D eigenvalue weighted by atomic mass is 9.93. The highest BCUT2D eigenvalue weighted by Crippen LogP contribution is 2.21. The molecular formula is C18H16BFINO2. The normalized spacial score (nSPS) is 11.8. The van der Waals surface area contributed by atoms with Gasteiger partial charge in [0.15, 0.2) is 0 Å². The summed E-state index contributed by atoms with van der Waals surface area (Å²) in [5.41, 5.74) is 1.86. The van der Waals surface area contributed by atoms with Crippen LogP contribution in [0.3, 0.4) is 0 Å². The SMILES string of the molecule is [B]c1cc(I)cc(C(=O)N(C)C[C@@H](CC=O)c2ccc(F)cc2)c1. The molecule has 0 N–H and O–H groups in total. The maximum atomic E-state index is 13.1. The second kappa shape index (κ2) is 8.42. The van der Waals surface area contributed by atoms with Gasteiger partial charge in [-0.2, -0.15) is 0 Å². The third kappa shape index (κ3) is 4.90. The minimum Gasteiger partial charge on any atom is -0.341 e. The van der Waals surface area contributed by atoms with E-state index in [1.165, 1.54) is 12.1 Å². The molecule has 2 aromatic carbocycles. The molecule has 0 aromatic heterocycles. The third-order valence-electron chi connectivity index (χ3n) is 3.73. The number of hydrogen-bond acceptors (Lipinski definition) is 2. The molecule has 0 bridgehead atoms. The van der Waals surface area contributed by atoms with Gasteiger partial charge in [-0.15, -0.1) is 0 Å². The van der Waals surface area contributed by atoms with Crippen molar-refractivity contribution in [3.05, 3.63) is 63.0 Å². The number of rotatable bonds is 6. The molecule has 2 radical (unpaired) electrons. The minimum atomic E-state index is -0.331. The number of amides is 1. The highest BCUT2D eigenvalue weighted by atomic mass is 127. The Kier molecular flexibility index (Phi) is 6.54. The molecule has 0 spiro atoms. The lowest BCUT2D eigenvalue weighted by molar-refractivity contribution is -0.108. The molecule has 0 aliphatic carbocycles. The summed E-state index contributed by atoms with van der Waals surface area (Å²) in [7, 11) is 7.47. The molecule has 0 unspecified atom stereocenters. The van der Waals surface area contributed by atoms with E-state index < -0.39 is 0 Å². The number of benzene rings is 2. The molecule has 3 nitrogen and oxygen atoms in total. The highest BCUT2D eigenvalue weighted by molar-refractivity contribution is 14.1. The quantitative estimate of drug-likeness (QED) is 0.398. The van der Waals surface area contributed by atoms with E-state index >= 15 is 0 Å². The van der Waals surface area contributed by atoms with E-state index in [9.17, 15) is 14.0 Å². The van der Waals surface area contributed by atoms with Crippen LogP contribution in [0.15, 0.2) is 42.5 Å². The van der Waals surface area contributed by atoms with Crippen molar-refractivity contribution in [2.24, 2.45) is 0 Å². The van der Waals surface area contributed by atoms with Crippen molar-refractivity contribution < 1.29 is 14.0 Å². The number of carbonyl (C=O) groups is 2. The summed E-state index contributed by atoms with van der Waals surface area (Å²) in [4.78, 5) is 25.1. The average molecular weight is 435 g/mol. The molecule has 122 valence electrons. The first kappa shape index (κ1) is 18.6. The van der Waals surface area contributed by atoms with Gasteiger partial charge < -0.3 is 9.69 Å². The van der Waals surface area contributed by atoms with Crippen molar-refractivity contribution in [3.8, 4) is 0 Å². The van der Waals surface area contributed by atoms with E-state index in [4.69, 9.17) is 7.85 Å². The zero-order valence-corrected chi connectivity index (χ0v) is 15.4. The number of carbonyl (C=O) groups excluding carboxylic acids is 2. The Hall–Kier alpha value is -1.70. The molecule has 24 heavy (non-hydrogen) atoms. The Balaban J connectivity index is 2.17. The first-order chi connectivity index (χ1) is 11.4. The van der Waals surface area contributed by atoms with Crippen LogP contribution in [0.25, 0.3) is 0 Å². The van der Waals surface area contributed by atoms with Gasteiger partial charge in [0, 0.05) is 35.1 Å². The van der Waals surface area contributed by atoms with Gasteiger partial charge >= 0.3 is 0 Å². The standard InChI is InChI=1S/C18H16BFINO2/c1-22(18(24)14-8-15(19)10-17(21)9-14)11-13(6-7-23)12-2-4-16(20)5-3-12/h2-5,7-10,13H,6,11H2,1H3/t13-/m1/s1. The number of halogens is 2. The summed E-state index contributed by atoms with van der Waals surface area (Å²) >= 11 is 2.11. The van der Waals surface area contributed by atoms with Crippen LogP contribution >= 0.6 is 22.6 Å². The molecule has 0 aliphatic rings. The number of nitrogens with zero attached hydrogens (tertiary/aromatic N) is 1. The van der Waals surface area contributed by atoms with Gasteiger partial charge in [-0.25, -0.2) is 4.39 Å². The molecule has 0 saturated heterocycles. The summed E-state index contributed by atoms with van der Waals surface area (Å²) in [5.74, 6) is -0.683. The van der Waals surface area contributed by atoms with Gasteiger partial charge in [0.05, 0.1) is 0 Å². The van der Waals surface area contributed by atoms with E-state index in [-0.39, 0.29) is 24.1 Å². The van der Waals surface area contributed by atoms with Crippen LogP contribution in [0.1, 0.15) is 28.3 Å². The number of aldehydes is 1. The zero-order chi connectivity index (χ0) is 17.7. The van der Waals surface area contributed by atoms with Crippen LogP contribution in [0.5, 0.6) is 0 Å². The van der Waals surface area contributed by atoms with Gasteiger partial charge in [0.25, 0.3) is 5.91 Å². The molecule has 0 fully saturated rings. The summed E-state index contributed by atoms with van der Waals surface area (Å²) in [6.45, 7) is 0.356. The minimum absolute atomic E-state index is 0.168. The van der Waals surface area contributed by atoms with Crippen LogP contribution in [0, 0.1) is 9.39 Å². The van der Waals surface area contributed by atoms with Crippen molar-refractivity contribution in [2.45, 2.75) is 12.3 Å². The summed E-state index contributed by atoms with van der Waals surface area (Å²) < 4.78 is 14.0. The van der Waals surface area contributed by atoms with Gasteiger partial charge in [-0.3, -0.25) is 4.79 Å². The van der Waals surface area contributed by atoms with E-state index in [2.05, 4.69) is 22.6 Å². The van der Waals surface area contributed by atoms with Crippen LogP contribution in [-0.4, -0.2) is 38.5 Å². The van der Waals surface area contributed by atoms with Crippen LogP contribution in [0.2, 0.25) is 0 Å². The van der Waals surface area contributed by atoms with Gasteiger partial charge in [-0.1, -0.05) is 29.7 Å². The Labute approximate surface area is 155 Å². The second-order valence-corrected chi connectivity index (χ2v) is 6.86. The van der Waals surface area contributed by atoms with Crippen molar-refractivity contribution >= 4 is 48.1 Å². The van der Waals surface area contributed by atoms with E-state index in [0.717, 1.165) is 15.4 Å². The topological polar surface area (TPSA) is 37.4 Å². The van der Waals surface area contributed by atoms with Gasteiger partial charge in [-0.05, 0) is 46.4 Å². The fraction of sp³-hybridized carbons (Fsp3) is 0.222. The van der Waals surface area contributed by atoms with Gasteiger partial charge in [0.1, 0.15) is 19.9 Å². The Bertz CT molecular complexity index is 716. The van der Waals surface area contributed by atoms with Crippen molar-refractivity contribution in [1.29, 1.82) is 0 Å². The maximum Gasteiger partial charge on any atom is 0.253 e. The van der Waals surface area contributed by atoms with Crippen molar-refractivity contribution in [3.63, 3.8) is 0 Å². The molecule has 0 heterocycles. The Morgan fingerprint density at radius 1 is 1.29 bits per heavy atom. The Morgan fingerprint density at radius 3 is 2.54 bits per heavy atom. The smallest absolute Gasteiger partial charge is 0.253 e. The predicted molar refractivity (Wildman–Crippen MR) is 101 cm³/mol. The monoisotopic (exact) mass is 435 g/mol. The average Bonchev–Trinajstić information content (AvgIpc) is 2.53. The summed E-state index contributed by atoms with van der Waals surface area (Å²) in [5, 5.41) is 0. The fourth-order valence-corrected chi connectivity index (χ4v) is 3.23. The Morgan fingerprint density at radius 2 is 1.96 bits per heavy atom. The fourth-order valence-electron chi connectivity index (χ4n) is 2.54. The van der Waals surface area contributed by atoms with Crippen molar-refractivity contribution in [2.75, 3.05) is 13.6 Å². The third-order valence-corrected chi connectivity index (χ3v) is 4.35. The highest BCUT2D eigenvalue weighted by Gasteiger charge is 2.19. The zero-order valence-electron chi connectivity index (χ0n) is 13.2. The van der Waals surface area contributed by atoms with Crippen molar-refractivity contribution in [1.82, 2.24) is 4.90 Å². The van der Waals surface area contributed by atoms with E-state index in [1.807, 2.05) is 0 Å². The number of likely N-dealkylation sites (N-methyl/N-ethyl adjacent to an activating group) is 1. The van der Waals surface area contributed by atoms with E-state index in [0.29, 0.717) is 17.6 Å². The molecule has 6 heteroatoms. The molecule has 0 saturated carbocycles. The van der Waals surface area contributed by atoms with Gasteiger partial charge in [0.2, 0.25) is 0 Å². The lowest BCUT2D eigenvalue weighted by Crippen LogP contribution is -2.32. The predicted octanol–water partition coefficient (Wildman–Crippen LogP) is 2.67. The first-order valence-electron chi connectivity index (χ1n) is 7.41. The largest absolute Gasteiger partial charge is 0.341 e. The molecule has 1 amide bonds. The molecule has 0 aliphatic heterocycles. The number of hydrogen-bond donors (Lipinski definition) is 0. The van der Waals surface area contributed by atoms with Crippen LogP contribution < -0.4 is 5.46 Å². The molecule has 2 rings (SSSR count). The summed E-state index contributed by atoms with van der Waals surface area (Å²) in [6, 6.07) is 11.2. The second-order valence-electron chi connectivity index (χ2n) is 5.61. The maximum absolute atomic E-state index is 13.1. The summed E-state index contributed by atoms with van der Waals surface area (Å²) in [6.07, 6.45) is 1.08.